The van der Waals surface area contributed by atoms with Crippen LogP contribution in [0.15, 0.2) is 0 Å². The van der Waals surface area contributed by atoms with Crippen LogP contribution in [0.25, 0.3) is 0 Å². The molecule has 0 radical (unpaired) electrons. The van der Waals surface area contributed by atoms with Gasteiger partial charge in [0.15, 0.2) is 0 Å². The summed E-state index contributed by atoms with van der Waals surface area (Å²) in [5.74, 6) is -0.0102. The van der Waals surface area contributed by atoms with Crippen LogP contribution in [0.1, 0.15) is 27.2 Å². The molecule has 0 spiro atoms. The largest absolute Gasteiger partial charge is 0.336 e. The van der Waals surface area contributed by atoms with E-state index in [9.17, 15) is 13.2 Å². The molecule has 0 aliphatic carbocycles. The highest BCUT2D eigenvalue weighted by Crippen LogP contribution is 2.22. The van der Waals surface area contributed by atoms with Crippen molar-refractivity contribution in [2.45, 2.75) is 38.8 Å². The van der Waals surface area contributed by atoms with E-state index in [1.54, 1.807) is 4.90 Å². The first-order valence-corrected chi connectivity index (χ1v) is 6.98. The van der Waals surface area contributed by atoms with E-state index < -0.39 is 10.2 Å². The van der Waals surface area contributed by atoms with Crippen LogP contribution in [-0.2, 0) is 15.0 Å². The molecule has 1 unspecified atom stereocenters. The van der Waals surface area contributed by atoms with Crippen LogP contribution >= 0.6 is 0 Å². The maximum absolute atomic E-state index is 11.8. The van der Waals surface area contributed by atoms with Crippen LogP contribution in [0.5, 0.6) is 0 Å². The van der Waals surface area contributed by atoms with Crippen LogP contribution in [0.4, 0.5) is 0 Å². The molecule has 1 atom stereocenters. The molecule has 1 rings (SSSR count). The number of amides is 1. The minimum absolute atomic E-state index is 0.0102. The fourth-order valence-electron chi connectivity index (χ4n) is 1.75. The lowest BCUT2D eigenvalue weighted by atomic mass is 10.1. The van der Waals surface area contributed by atoms with Crippen molar-refractivity contribution in [2.24, 2.45) is 0 Å². The van der Waals surface area contributed by atoms with E-state index in [-0.39, 0.29) is 23.9 Å². The predicted molar refractivity (Wildman–Crippen MR) is 65.6 cm³/mol. The van der Waals surface area contributed by atoms with Gasteiger partial charge in [-0.05, 0) is 20.8 Å². The van der Waals surface area contributed by atoms with Gasteiger partial charge in [0.25, 0.3) is 10.2 Å². The summed E-state index contributed by atoms with van der Waals surface area (Å²) in [5, 5.41) is 0. The van der Waals surface area contributed by atoms with Crippen molar-refractivity contribution >= 4 is 16.1 Å². The molecule has 1 fully saturated rings. The fraction of sp³-hybridized carbons (Fsp3) is 0.900. The summed E-state index contributed by atoms with van der Waals surface area (Å²) in [7, 11) is -0.552. The Morgan fingerprint density at radius 1 is 1.35 bits per heavy atom. The van der Waals surface area contributed by atoms with Crippen molar-refractivity contribution in [3.63, 3.8) is 0 Å². The van der Waals surface area contributed by atoms with E-state index in [1.165, 1.54) is 14.1 Å². The quantitative estimate of drug-likeness (QED) is 0.765. The monoisotopic (exact) mass is 263 g/mol. The number of carbonyl (C=O) groups is 1. The average Bonchev–Trinajstić information content (AvgIpc) is 2.44. The van der Waals surface area contributed by atoms with Crippen LogP contribution in [-0.4, -0.2) is 55.8 Å². The summed E-state index contributed by atoms with van der Waals surface area (Å²) in [5.41, 5.74) is -0.268. The van der Waals surface area contributed by atoms with Gasteiger partial charge < -0.3 is 4.90 Å². The molecule has 0 aromatic rings. The van der Waals surface area contributed by atoms with Crippen LogP contribution in [0.3, 0.4) is 0 Å². The average molecular weight is 263 g/mol. The molecule has 100 valence electrons. The third-order valence-electron chi connectivity index (χ3n) is 2.73. The Labute approximate surface area is 103 Å². The van der Waals surface area contributed by atoms with Gasteiger partial charge in [-0.3, -0.25) is 4.79 Å². The Hall–Kier alpha value is -0.660. The second kappa shape index (κ2) is 4.55. The summed E-state index contributed by atoms with van der Waals surface area (Å²) in [4.78, 5) is 13.5. The number of nitrogens with one attached hydrogen (secondary N) is 1. The zero-order chi connectivity index (χ0) is 13.4. The van der Waals surface area contributed by atoms with Gasteiger partial charge in [0, 0.05) is 38.6 Å². The summed E-state index contributed by atoms with van der Waals surface area (Å²) >= 11 is 0. The van der Waals surface area contributed by atoms with E-state index in [0.29, 0.717) is 6.54 Å². The zero-order valence-corrected chi connectivity index (χ0v) is 11.8. The second-order valence-corrected chi connectivity index (χ2v) is 7.40. The van der Waals surface area contributed by atoms with Gasteiger partial charge in [-0.2, -0.15) is 17.4 Å². The van der Waals surface area contributed by atoms with Crippen molar-refractivity contribution in [2.75, 3.05) is 20.6 Å². The van der Waals surface area contributed by atoms with Crippen molar-refractivity contribution in [1.29, 1.82) is 0 Å². The lowest BCUT2D eigenvalue weighted by molar-refractivity contribution is -0.131. The Morgan fingerprint density at radius 2 is 1.88 bits per heavy atom. The highest BCUT2D eigenvalue weighted by atomic mass is 32.2. The summed E-state index contributed by atoms with van der Waals surface area (Å²) in [6.45, 7) is 6.24. The molecule has 0 bridgehead atoms. The molecule has 1 amide bonds. The van der Waals surface area contributed by atoms with E-state index in [1.807, 2.05) is 20.8 Å². The van der Waals surface area contributed by atoms with E-state index in [0.717, 1.165) is 4.31 Å². The minimum atomic E-state index is -3.47. The summed E-state index contributed by atoms with van der Waals surface area (Å²) < 4.78 is 26.9. The summed E-state index contributed by atoms with van der Waals surface area (Å²) in [6, 6.07) is -0.339. The molecule has 6 nitrogen and oxygen atoms in total. The fourth-order valence-corrected chi connectivity index (χ4v) is 2.54. The molecular formula is C10H21N3O3S. The lowest BCUT2D eigenvalue weighted by Gasteiger charge is -2.32. The van der Waals surface area contributed by atoms with E-state index >= 15 is 0 Å². The maximum Gasteiger partial charge on any atom is 0.279 e. The minimum Gasteiger partial charge on any atom is -0.336 e. The van der Waals surface area contributed by atoms with Crippen LogP contribution in [0, 0.1) is 0 Å². The van der Waals surface area contributed by atoms with Gasteiger partial charge in [-0.15, -0.1) is 0 Å². The number of likely N-dealkylation sites (tertiary alicyclic amines) is 1. The number of hydrogen-bond donors (Lipinski definition) is 1. The standard InChI is InChI=1S/C10H21N3O3S/c1-10(2,3)13-7-8(6-9(13)14)11-17(15,16)12(4)5/h8,11H,6-7H2,1-5H3. The molecule has 17 heavy (non-hydrogen) atoms. The van der Waals surface area contributed by atoms with Gasteiger partial charge in [0.2, 0.25) is 5.91 Å². The molecule has 1 aliphatic rings. The maximum atomic E-state index is 11.8. The van der Waals surface area contributed by atoms with Crippen molar-refractivity contribution < 1.29 is 13.2 Å². The second-order valence-electron chi connectivity index (χ2n) is 5.48. The molecule has 1 N–H and O–H groups in total. The Bertz CT molecular complexity index is 398. The van der Waals surface area contributed by atoms with E-state index in [2.05, 4.69) is 4.72 Å². The molecule has 1 heterocycles. The number of hydrogen-bond acceptors (Lipinski definition) is 3. The molecular weight excluding hydrogens is 242 g/mol. The van der Waals surface area contributed by atoms with Crippen molar-refractivity contribution in [3.8, 4) is 0 Å². The number of rotatable bonds is 3. The number of carbonyl (C=O) groups excluding carboxylic acids is 1. The Balaban J connectivity index is 2.72. The SMILES string of the molecule is CN(C)S(=O)(=O)NC1CC(=O)N(C(C)(C)C)C1. The van der Waals surface area contributed by atoms with Crippen molar-refractivity contribution in [3.05, 3.63) is 0 Å². The highest BCUT2D eigenvalue weighted by Gasteiger charge is 2.37. The molecule has 0 aromatic heterocycles. The first-order chi connectivity index (χ1) is 7.54. The Kier molecular flexibility index (Phi) is 3.85. The Morgan fingerprint density at radius 3 is 2.24 bits per heavy atom. The third-order valence-corrected chi connectivity index (χ3v) is 4.32. The lowest BCUT2D eigenvalue weighted by Crippen LogP contribution is -2.46. The molecule has 7 heteroatoms. The zero-order valence-electron chi connectivity index (χ0n) is 11.0. The molecule has 1 aliphatic heterocycles. The van der Waals surface area contributed by atoms with Gasteiger partial charge in [-0.25, -0.2) is 0 Å². The van der Waals surface area contributed by atoms with Crippen LogP contribution < -0.4 is 4.72 Å². The summed E-state index contributed by atoms with van der Waals surface area (Å²) in [6.07, 6.45) is 0.227. The first kappa shape index (κ1) is 14.4. The molecule has 0 aromatic carbocycles. The highest BCUT2D eigenvalue weighted by molar-refractivity contribution is 7.87. The van der Waals surface area contributed by atoms with Gasteiger partial charge in [0.1, 0.15) is 0 Å². The van der Waals surface area contributed by atoms with Gasteiger partial charge in [0.05, 0.1) is 0 Å². The first-order valence-electron chi connectivity index (χ1n) is 5.54. The smallest absolute Gasteiger partial charge is 0.279 e. The predicted octanol–water partition coefficient (Wildman–Crippen LogP) is -0.218. The molecule has 1 saturated heterocycles. The van der Waals surface area contributed by atoms with Gasteiger partial charge in [-0.1, -0.05) is 0 Å². The number of nitrogens with zero attached hydrogens (tertiary/aromatic N) is 2. The van der Waals surface area contributed by atoms with E-state index in [4.69, 9.17) is 0 Å². The third kappa shape index (κ3) is 3.40. The topological polar surface area (TPSA) is 69.7 Å². The van der Waals surface area contributed by atoms with Crippen LogP contribution in [0.2, 0.25) is 0 Å². The normalized spacial score (nSPS) is 22.6. The van der Waals surface area contributed by atoms with Gasteiger partial charge >= 0.3 is 0 Å². The molecule has 0 saturated carbocycles. The van der Waals surface area contributed by atoms with Crippen molar-refractivity contribution in [1.82, 2.24) is 13.9 Å².